The van der Waals surface area contributed by atoms with Crippen molar-refractivity contribution in [2.75, 3.05) is 0 Å². The largest absolute Gasteiger partial charge is 0.507 e. The average molecular weight is 671 g/mol. The monoisotopic (exact) mass is 670 g/mol. The number of amides is 4. The van der Waals surface area contributed by atoms with Gasteiger partial charge in [0.05, 0.1) is 10.5 Å². The highest BCUT2D eigenvalue weighted by Gasteiger charge is 2.35. The maximum atomic E-state index is 11.8. The van der Waals surface area contributed by atoms with Crippen LogP contribution in [0.2, 0.25) is 0 Å². The van der Waals surface area contributed by atoms with Crippen molar-refractivity contribution in [1.82, 2.24) is 10.6 Å². The first-order chi connectivity index (χ1) is 20.8. The Morgan fingerprint density at radius 2 is 0.761 bits per heavy atom. The van der Waals surface area contributed by atoms with E-state index in [0.29, 0.717) is 24.3 Å². The molecule has 10 heteroatoms. The van der Waals surface area contributed by atoms with Crippen LogP contribution in [0.4, 0.5) is 9.59 Å². The standard InChI is InChI=1S/2C18H25NO3S/c2*1-17(2,3)11-7-10(8-12(14(11)20)18(4,5)6)9-13-15(21)19-16(22)23-13/h2*7-8,13,20H,9H2,1-6H3,(H,19,21,22). The molecule has 0 aliphatic carbocycles. The molecule has 4 rings (SSSR count). The predicted molar refractivity (Wildman–Crippen MR) is 188 cm³/mol. The molecule has 0 spiro atoms. The number of carbonyl (C=O) groups excluding carboxylic acids is 4. The molecule has 2 aromatic carbocycles. The molecular weight excluding hydrogens is 621 g/mol. The van der Waals surface area contributed by atoms with Gasteiger partial charge < -0.3 is 10.2 Å². The molecule has 2 fully saturated rings. The molecule has 2 saturated heterocycles. The van der Waals surface area contributed by atoms with E-state index in [9.17, 15) is 29.4 Å². The van der Waals surface area contributed by atoms with E-state index < -0.39 is 10.5 Å². The minimum absolute atomic E-state index is 0.207. The number of hydrogen-bond donors (Lipinski definition) is 4. The molecule has 2 atom stereocenters. The molecule has 2 unspecified atom stereocenters. The second kappa shape index (κ2) is 13.3. The van der Waals surface area contributed by atoms with Gasteiger partial charge in [-0.15, -0.1) is 0 Å². The van der Waals surface area contributed by atoms with Crippen LogP contribution in [0.15, 0.2) is 24.3 Å². The van der Waals surface area contributed by atoms with Crippen molar-refractivity contribution >= 4 is 45.8 Å². The lowest BCUT2D eigenvalue weighted by atomic mass is 9.78. The van der Waals surface area contributed by atoms with Crippen molar-refractivity contribution in [3.8, 4) is 11.5 Å². The number of imide groups is 2. The maximum absolute atomic E-state index is 11.8. The summed E-state index contributed by atoms with van der Waals surface area (Å²) in [5, 5.41) is 24.7. The fourth-order valence-corrected chi connectivity index (χ4v) is 7.11. The molecule has 0 aromatic heterocycles. The lowest BCUT2D eigenvalue weighted by molar-refractivity contribution is -0.119. The van der Waals surface area contributed by atoms with Gasteiger partial charge in [-0.1, -0.05) is 131 Å². The van der Waals surface area contributed by atoms with E-state index in [2.05, 4.69) is 93.7 Å². The van der Waals surface area contributed by atoms with E-state index in [0.717, 1.165) is 56.9 Å². The van der Waals surface area contributed by atoms with E-state index in [4.69, 9.17) is 0 Å². The first kappa shape index (κ1) is 37.5. The zero-order valence-corrected chi connectivity index (χ0v) is 30.9. The maximum Gasteiger partial charge on any atom is 0.286 e. The van der Waals surface area contributed by atoms with Crippen LogP contribution in [0.5, 0.6) is 11.5 Å². The third kappa shape index (κ3) is 9.09. The normalized spacial score (nSPS) is 19.1. The van der Waals surface area contributed by atoms with E-state index in [1.54, 1.807) is 0 Å². The highest BCUT2D eigenvalue weighted by Crippen LogP contribution is 2.42. The number of nitrogens with one attached hydrogen (secondary N) is 2. The van der Waals surface area contributed by atoms with Gasteiger partial charge in [-0.2, -0.15) is 0 Å². The van der Waals surface area contributed by atoms with E-state index in [1.807, 2.05) is 24.3 Å². The van der Waals surface area contributed by atoms with Crippen LogP contribution < -0.4 is 10.6 Å². The lowest BCUT2D eigenvalue weighted by Gasteiger charge is -2.28. The van der Waals surface area contributed by atoms with Gasteiger partial charge >= 0.3 is 0 Å². The SMILES string of the molecule is CC(C)(C)c1cc(CC2SC(=O)NC2=O)cc(C(C)(C)C)c1O.CC(C)(C)c1cc(CC2SC(=O)NC2=O)cc(C(C)(C)C)c1O. The lowest BCUT2D eigenvalue weighted by Crippen LogP contribution is -2.26. The fraction of sp³-hybridized carbons (Fsp3) is 0.556. The quantitative estimate of drug-likeness (QED) is 0.260. The molecule has 8 nitrogen and oxygen atoms in total. The van der Waals surface area contributed by atoms with Gasteiger partial charge in [0.15, 0.2) is 0 Å². The molecule has 4 amide bonds. The first-order valence-electron chi connectivity index (χ1n) is 15.6. The van der Waals surface area contributed by atoms with Gasteiger partial charge in [0.2, 0.25) is 11.8 Å². The molecule has 2 heterocycles. The number of rotatable bonds is 4. The molecule has 2 aliphatic rings. The van der Waals surface area contributed by atoms with Crippen LogP contribution in [-0.2, 0) is 44.1 Å². The third-order valence-electron chi connectivity index (χ3n) is 7.95. The zero-order chi connectivity index (χ0) is 35.2. The molecule has 46 heavy (non-hydrogen) atoms. The van der Waals surface area contributed by atoms with Crippen molar-refractivity contribution in [2.24, 2.45) is 0 Å². The third-order valence-corrected chi connectivity index (χ3v) is 9.91. The van der Waals surface area contributed by atoms with Crippen LogP contribution in [0.3, 0.4) is 0 Å². The van der Waals surface area contributed by atoms with Gasteiger partial charge in [0, 0.05) is 0 Å². The fourth-order valence-electron chi connectivity index (χ4n) is 5.39. The van der Waals surface area contributed by atoms with Gasteiger partial charge in [0.25, 0.3) is 10.5 Å². The Hall–Kier alpha value is -2.98. The van der Waals surface area contributed by atoms with Crippen LogP contribution >= 0.6 is 23.5 Å². The Morgan fingerprint density at radius 3 is 0.935 bits per heavy atom. The van der Waals surface area contributed by atoms with Crippen molar-refractivity contribution in [1.29, 1.82) is 0 Å². The van der Waals surface area contributed by atoms with Crippen molar-refractivity contribution in [3.05, 3.63) is 57.6 Å². The predicted octanol–water partition coefficient (Wildman–Crippen LogP) is 7.76. The van der Waals surface area contributed by atoms with Gasteiger partial charge in [-0.3, -0.25) is 29.8 Å². The highest BCUT2D eigenvalue weighted by molar-refractivity contribution is 8.15. The Labute approximate surface area is 282 Å². The number of hydrogen-bond acceptors (Lipinski definition) is 8. The molecule has 0 bridgehead atoms. The van der Waals surface area contributed by atoms with Crippen LogP contribution in [-0.4, -0.2) is 43.0 Å². The van der Waals surface area contributed by atoms with Crippen LogP contribution in [0.25, 0.3) is 0 Å². The first-order valence-corrected chi connectivity index (χ1v) is 17.3. The number of aromatic hydroxyl groups is 2. The number of thioether (sulfide) groups is 2. The van der Waals surface area contributed by atoms with Gasteiger partial charge in [-0.25, -0.2) is 0 Å². The molecule has 4 N–H and O–H groups in total. The number of benzene rings is 2. The molecule has 2 aromatic rings. The Kier molecular flexibility index (Phi) is 10.8. The summed E-state index contributed by atoms with van der Waals surface area (Å²) >= 11 is 2.07. The molecular formula is C36H50N2O6S2. The van der Waals surface area contributed by atoms with Crippen LogP contribution in [0.1, 0.15) is 116 Å². The van der Waals surface area contributed by atoms with Crippen molar-refractivity contribution in [3.63, 3.8) is 0 Å². The summed E-state index contributed by atoms with van der Waals surface area (Å²) in [6.45, 7) is 24.7. The minimum atomic E-state index is -0.396. The van der Waals surface area contributed by atoms with E-state index in [-0.39, 0.29) is 44.0 Å². The molecule has 0 saturated carbocycles. The summed E-state index contributed by atoms with van der Waals surface area (Å²) in [7, 11) is 0. The number of phenols is 2. The Balaban J connectivity index is 0.000000250. The molecule has 252 valence electrons. The number of phenolic OH excluding ortho intramolecular Hbond substituents is 2. The van der Waals surface area contributed by atoms with Crippen LogP contribution in [0, 0.1) is 0 Å². The van der Waals surface area contributed by atoms with Gasteiger partial charge in [-0.05, 0) is 67.9 Å². The van der Waals surface area contributed by atoms with E-state index in [1.165, 1.54) is 0 Å². The van der Waals surface area contributed by atoms with Crippen molar-refractivity contribution < 1.29 is 29.4 Å². The smallest absolute Gasteiger partial charge is 0.286 e. The Bertz CT molecular complexity index is 1350. The topological polar surface area (TPSA) is 133 Å². The second-order valence-electron chi connectivity index (χ2n) is 16.3. The van der Waals surface area contributed by atoms with E-state index >= 15 is 0 Å². The number of carbonyl (C=O) groups is 4. The second-order valence-corrected chi connectivity index (χ2v) is 18.6. The summed E-state index contributed by atoms with van der Waals surface area (Å²) in [4.78, 5) is 46.3. The average Bonchev–Trinajstić information content (AvgIpc) is 3.36. The summed E-state index contributed by atoms with van der Waals surface area (Å²) in [6, 6.07) is 7.84. The van der Waals surface area contributed by atoms with Crippen molar-refractivity contribution in [2.45, 2.75) is 128 Å². The Morgan fingerprint density at radius 1 is 0.522 bits per heavy atom. The summed E-state index contributed by atoms with van der Waals surface area (Å²) < 4.78 is 0. The zero-order valence-electron chi connectivity index (χ0n) is 29.2. The summed E-state index contributed by atoms with van der Waals surface area (Å²) in [6.07, 6.45) is 0.962. The molecule has 2 aliphatic heterocycles. The molecule has 0 radical (unpaired) electrons. The summed E-state index contributed by atoms with van der Waals surface area (Å²) in [5.74, 6) is 0.187. The minimum Gasteiger partial charge on any atom is -0.507 e. The van der Waals surface area contributed by atoms with Gasteiger partial charge in [0.1, 0.15) is 11.5 Å². The highest BCUT2D eigenvalue weighted by atomic mass is 32.2. The summed E-state index contributed by atoms with van der Waals surface area (Å²) in [5.41, 5.74) is 4.60.